The van der Waals surface area contributed by atoms with Crippen molar-refractivity contribution in [3.05, 3.63) is 71.1 Å². The van der Waals surface area contributed by atoms with Gasteiger partial charge in [-0.05, 0) is 369 Å². The largest absolute Gasteiger partial charge is 0.375 e. The van der Waals surface area contributed by atoms with E-state index in [1.807, 2.05) is 0 Å². The van der Waals surface area contributed by atoms with E-state index in [-0.39, 0.29) is 0 Å². The van der Waals surface area contributed by atoms with Gasteiger partial charge in [-0.25, -0.2) is 0 Å². The summed E-state index contributed by atoms with van der Waals surface area (Å²) in [6.45, 7) is 124. The molecule has 11 heterocycles. The molecule has 744 valence electrons. The van der Waals surface area contributed by atoms with Gasteiger partial charge < -0.3 is 24.5 Å². The summed E-state index contributed by atoms with van der Waals surface area (Å²) in [5, 5.41) is 0. The van der Waals surface area contributed by atoms with Crippen LogP contribution in [0.3, 0.4) is 0 Å². The van der Waals surface area contributed by atoms with Crippen LogP contribution in [-0.2, 0) is 0 Å². The number of allylic oxidation sites excluding steroid dienone is 2. The Labute approximate surface area is 793 Å². The monoisotopic (exact) mass is 1760 g/mol. The highest BCUT2D eigenvalue weighted by atomic mass is 15.3. The fourth-order valence-electron chi connectivity index (χ4n) is 19.2. The topological polar surface area (TPSA) is 35.4 Å². The van der Waals surface area contributed by atoms with Crippen LogP contribution >= 0.6 is 0 Å². The highest BCUT2D eigenvalue weighted by molar-refractivity contribution is 5.15. The lowest BCUT2D eigenvalue weighted by molar-refractivity contribution is 0.117. The molecule has 0 N–H and O–H groups in total. The van der Waals surface area contributed by atoms with Gasteiger partial charge in [0.2, 0.25) is 0 Å². The van der Waals surface area contributed by atoms with Crippen LogP contribution in [0.4, 0.5) is 0 Å². The van der Waals surface area contributed by atoms with Gasteiger partial charge in [-0.1, -0.05) is 211 Å². The number of piperidine rings is 2. The molecule has 5 fully saturated rings. The zero-order valence-corrected chi connectivity index (χ0v) is 93.5. The molecule has 11 aliphatic heterocycles. The van der Waals surface area contributed by atoms with Gasteiger partial charge in [-0.3, -0.25) is 29.4 Å². The molecule has 11 rings (SSSR count). The summed E-state index contributed by atoms with van der Waals surface area (Å²) >= 11 is 0. The smallest absolute Gasteiger partial charge is 0.0249 e. The first-order chi connectivity index (χ1) is 58.7. The minimum Gasteiger partial charge on any atom is -0.375 e. The predicted octanol–water partition coefficient (Wildman–Crippen LogP) is 28.3. The minimum absolute atomic E-state index is 0.655. The molecule has 5 saturated heterocycles. The Balaban J connectivity index is 0.000000693. The quantitative estimate of drug-likeness (QED) is 0.0768. The summed E-state index contributed by atoms with van der Waals surface area (Å²) in [6, 6.07) is 9.61. The maximum atomic E-state index is 2.64. The number of likely N-dealkylation sites (tertiary alicyclic amines) is 4. The molecule has 7 unspecified atom stereocenters. The van der Waals surface area contributed by atoms with E-state index in [2.05, 4.69) is 407 Å². The maximum absolute atomic E-state index is 2.64. The standard InChI is InChI=1S/C11H23N.C11H21N.C11H23N.4C11H21N.C10H21N.C10H19N.C10H21N.C8H17N/c2*1-9(2)11-5-7-12(8-6-11)10(3)4;5*1-9(2)11-6-5-7-12(8-11)10(3)4;2*1-8(2)10-5-6-11(7-10)9(3)4;1-8(2)10-6-5-7-11(10)9(3)4;1-6(2)8-5-9(8)7(3)4/h9-11H,5-8H2,1-4H3;5,9-10H,6-8H2,1-4H3;9-11H,5-8H2,1-4H3;8-10H,5-7H2,1-4H3;6,9-10H,5,7-8H2,1-4H3;5,7,9-11H,6,8H2,1-4H3;5-6,9-11H,7-8H2,1-4H3;8-10H,5-7H2,1-4H3;5,8-9H,6-7H2,1-4H3;8-10H,5-7H2,1-4H3;6-8H,5H2,1-4H3. The van der Waals surface area contributed by atoms with Crippen molar-refractivity contribution in [2.75, 3.05) is 118 Å². The Morgan fingerprint density at radius 1 is 0.254 bits per heavy atom. The van der Waals surface area contributed by atoms with Crippen LogP contribution in [0.1, 0.15) is 382 Å². The Morgan fingerprint density at radius 2 is 0.690 bits per heavy atom. The third-order valence-corrected chi connectivity index (χ3v) is 30.3. The Kier molecular flexibility index (Phi) is 62.4. The summed E-state index contributed by atoms with van der Waals surface area (Å²) in [5.41, 5.74) is 6.50. The zero-order chi connectivity index (χ0) is 96.3. The third kappa shape index (κ3) is 49.3. The van der Waals surface area contributed by atoms with E-state index >= 15 is 0 Å². The fraction of sp³-hybridized carbons (Fsp3) is 0.896. The van der Waals surface area contributed by atoms with Crippen LogP contribution in [0.5, 0.6) is 0 Å². The number of rotatable bonds is 22. The molecule has 0 spiro atoms. The van der Waals surface area contributed by atoms with Crippen molar-refractivity contribution in [1.82, 2.24) is 53.9 Å². The molecule has 0 amide bonds. The molecule has 0 radical (unpaired) electrons. The number of nitrogens with zero attached hydrogens (tertiary/aromatic N) is 11. The maximum Gasteiger partial charge on any atom is 0.0249 e. The van der Waals surface area contributed by atoms with Crippen molar-refractivity contribution in [3.8, 4) is 0 Å². The van der Waals surface area contributed by atoms with Gasteiger partial charge in [-0.15, -0.1) is 0 Å². The van der Waals surface area contributed by atoms with Crippen LogP contribution in [-0.4, -0.2) is 250 Å². The summed E-state index contributed by atoms with van der Waals surface area (Å²) in [4.78, 5) is 28.0. The zero-order valence-electron chi connectivity index (χ0n) is 93.5. The normalized spacial score (nSPS) is 24.1. The van der Waals surface area contributed by atoms with Crippen molar-refractivity contribution in [2.45, 2.75) is 460 Å². The lowest BCUT2D eigenvalue weighted by Gasteiger charge is -2.37. The molecule has 126 heavy (non-hydrogen) atoms. The van der Waals surface area contributed by atoms with Gasteiger partial charge in [0.15, 0.2) is 0 Å². The molecule has 7 atom stereocenters. The number of hydrogen-bond donors (Lipinski definition) is 0. The van der Waals surface area contributed by atoms with E-state index in [9.17, 15) is 0 Å². The van der Waals surface area contributed by atoms with Crippen LogP contribution < -0.4 is 0 Å². The summed E-state index contributed by atoms with van der Waals surface area (Å²) in [6.07, 6.45) is 35.2. The lowest BCUT2D eigenvalue weighted by atomic mass is 9.86. The summed E-state index contributed by atoms with van der Waals surface area (Å²) in [7, 11) is 0. The second-order valence-corrected chi connectivity index (χ2v) is 47.3. The second-order valence-electron chi connectivity index (χ2n) is 47.3. The molecular formula is C115H229N11. The molecule has 0 aromatic rings. The second kappa shape index (κ2) is 64.6. The van der Waals surface area contributed by atoms with Crippen molar-refractivity contribution >= 4 is 0 Å². The van der Waals surface area contributed by atoms with Gasteiger partial charge in [-0.2, -0.15) is 0 Å². The highest BCUT2D eigenvalue weighted by Gasteiger charge is 2.38. The molecule has 11 heteroatoms. The van der Waals surface area contributed by atoms with Gasteiger partial charge in [0.1, 0.15) is 0 Å². The van der Waals surface area contributed by atoms with Gasteiger partial charge in [0, 0.05) is 164 Å². The van der Waals surface area contributed by atoms with E-state index in [1.165, 1.54) is 175 Å². The molecule has 0 aromatic carbocycles. The van der Waals surface area contributed by atoms with Crippen LogP contribution in [0.15, 0.2) is 71.1 Å². The van der Waals surface area contributed by atoms with E-state index in [0.717, 1.165) is 157 Å². The molecule has 0 aromatic heterocycles. The van der Waals surface area contributed by atoms with Gasteiger partial charge >= 0.3 is 0 Å². The summed E-state index contributed by atoms with van der Waals surface area (Å²) in [5.74, 6) is 13.4. The lowest BCUT2D eigenvalue weighted by Crippen LogP contribution is -2.41. The minimum atomic E-state index is 0.655. The first kappa shape index (κ1) is 122. The third-order valence-electron chi connectivity index (χ3n) is 30.3. The molecule has 0 saturated carbocycles. The van der Waals surface area contributed by atoms with Gasteiger partial charge in [0.05, 0.1) is 0 Å². The van der Waals surface area contributed by atoms with Crippen molar-refractivity contribution in [2.24, 2.45) is 94.7 Å². The molecule has 0 bridgehead atoms. The first-order valence-corrected chi connectivity index (χ1v) is 54.1. The van der Waals surface area contributed by atoms with Crippen molar-refractivity contribution in [3.63, 3.8) is 0 Å². The Morgan fingerprint density at radius 3 is 1.07 bits per heavy atom. The van der Waals surface area contributed by atoms with Crippen LogP contribution in [0, 0.1) is 94.7 Å². The molecule has 11 nitrogen and oxygen atoms in total. The number of hydrogen-bond acceptors (Lipinski definition) is 11. The van der Waals surface area contributed by atoms with E-state index < -0.39 is 0 Å². The predicted molar refractivity (Wildman–Crippen MR) is 569 cm³/mol. The van der Waals surface area contributed by atoms with Crippen LogP contribution in [0.2, 0.25) is 0 Å². The van der Waals surface area contributed by atoms with E-state index in [1.54, 1.807) is 22.3 Å². The van der Waals surface area contributed by atoms with Crippen molar-refractivity contribution < 1.29 is 0 Å². The fourth-order valence-corrected chi connectivity index (χ4v) is 19.2. The average molecular weight is 1770 g/mol. The van der Waals surface area contributed by atoms with Crippen LogP contribution in [0.25, 0.3) is 0 Å². The first-order valence-electron chi connectivity index (χ1n) is 54.1. The Bertz CT molecular complexity index is 2760. The van der Waals surface area contributed by atoms with E-state index in [0.29, 0.717) is 36.3 Å². The molecule has 11 aliphatic rings. The Hall–Kier alpha value is -2.32. The van der Waals surface area contributed by atoms with Gasteiger partial charge in [0.25, 0.3) is 0 Å². The summed E-state index contributed by atoms with van der Waals surface area (Å²) < 4.78 is 0. The highest BCUT2D eigenvalue weighted by Crippen LogP contribution is 2.32. The van der Waals surface area contributed by atoms with E-state index in [4.69, 9.17) is 0 Å². The molecule has 0 aliphatic carbocycles. The SMILES string of the molecule is CC(C)C1=CCCN(C(C)C)C1.CC(C)C1=CCN(C(C)C)C1.CC(C)C1=CCN(C(C)C)CC1.CC(C)C1=CN(C(C)C)CCC1.CC(C)C1C=CCN(C(C)C)C1.CC(C)C1CC=CN(C(C)C)C1.CC(C)C1CCCN(C(C)C)C1.CC(C)C1CCCN1C(C)C.CC(C)C1CCN(C(C)C)C1.CC(C)C1CCN(C(C)C)CC1.CC(C)C1CN1C(C)C. The molecular weight excluding hydrogens is 1540 g/mol. The average Bonchev–Trinajstić information content (AvgIpc) is 1.66. The van der Waals surface area contributed by atoms with Crippen molar-refractivity contribution in [1.29, 1.82) is 0 Å².